The van der Waals surface area contributed by atoms with Gasteiger partial charge < -0.3 is 10.1 Å². The van der Waals surface area contributed by atoms with E-state index < -0.39 is 0 Å². The van der Waals surface area contributed by atoms with Gasteiger partial charge in [0.15, 0.2) is 5.65 Å². The maximum atomic E-state index is 11.6. The molecule has 1 aliphatic carbocycles. The molecule has 3 aromatic rings. The normalized spacial score (nSPS) is 21.2. The maximum Gasteiger partial charge on any atom is 0.160 e. The van der Waals surface area contributed by atoms with Gasteiger partial charge in [0.1, 0.15) is 11.5 Å². The van der Waals surface area contributed by atoms with E-state index in [-0.39, 0.29) is 11.8 Å². The average Bonchev–Trinajstić information content (AvgIpc) is 3.08. The van der Waals surface area contributed by atoms with Crippen molar-refractivity contribution in [3.63, 3.8) is 0 Å². The first-order chi connectivity index (χ1) is 13.6. The summed E-state index contributed by atoms with van der Waals surface area (Å²) in [5.74, 6) is 0.610. The number of H-pyrrole nitrogens is 1. The number of phenolic OH excluding ortho intramolecular Hbond substituents is 1. The summed E-state index contributed by atoms with van der Waals surface area (Å²) in [6.45, 7) is 3.25. The number of nitrogens with zero attached hydrogens (tertiary/aromatic N) is 3. The predicted molar refractivity (Wildman–Crippen MR) is 107 cm³/mol. The fraction of sp³-hybridized carbons (Fsp3) is 0.409. The Morgan fingerprint density at radius 2 is 1.93 bits per heavy atom. The number of aromatic hydroxyl groups is 1. The molecule has 6 nitrogen and oxygen atoms in total. The van der Waals surface area contributed by atoms with E-state index in [1.165, 1.54) is 11.3 Å². The van der Waals surface area contributed by atoms with Crippen molar-refractivity contribution in [2.45, 2.75) is 51.1 Å². The molecule has 0 amide bonds. The molecular weight excluding hydrogens is 352 g/mol. The Balaban J connectivity index is 1.54. The summed E-state index contributed by atoms with van der Waals surface area (Å²) in [6.07, 6.45) is 4.29. The number of para-hydroxylation sites is 1. The number of aromatic amines is 1. The number of hydrogen-bond acceptors (Lipinski definition) is 5. The SMILES string of the molecule is C[C@@H]1c2c([nH]c3nnc(-c4ccccc4O)cc23)CCN1C1CCC(=O)CC1. The molecule has 2 aliphatic rings. The molecule has 0 spiro atoms. The second-order valence-electron chi connectivity index (χ2n) is 7.96. The van der Waals surface area contributed by atoms with Crippen molar-refractivity contribution < 1.29 is 9.90 Å². The van der Waals surface area contributed by atoms with E-state index in [1.54, 1.807) is 12.1 Å². The van der Waals surface area contributed by atoms with Crippen LogP contribution in [0, 0.1) is 0 Å². The Bertz CT molecular complexity index is 1050. The second-order valence-corrected chi connectivity index (χ2v) is 7.96. The minimum Gasteiger partial charge on any atom is -0.507 e. The number of phenols is 1. The average molecular weight is 376 g/mol. The highest BCUT2D eigenvalue weighted by molar-refractivity contribution is 5.86. The Labute approximate surface area is 163 Å². The van der Waals surface area contributed by atoms with E-state index in [2.05, 4.69) is 27.0 Å². The first kappa shape index (κ1) is 17.4. The van der Waals surface area contributed by atoms with Gasteiger partial charge >= 0.3 is 0 Å². The number of hydrogen-bond donors (Lipinski definition) is 2. The molecular formula is C22H24N4O2. The first-order valence-electron chi connectivity index (χ1n) is 10.1. The van der Waals surface area contributed by atoms with Crippen LogP contribution >= 0.6 is 0 Å². The summed E-state index contributed by atoms with van der Waals surface area (Å²) in [4.78, 5) is 17.7. The number of ketones is 1. The maximum absolute atomic E-state index is 11.6. The minimum absolute atomic E-state index is 0.210. The second kappa shape index (κ2) is 6.71. The Morgan fingerprint density at radius 3 is 2.71 bits per heavy atom. The van der Waals surface area contributed by atoms with E-state index in [1.807, 2.05) is 18.2 Å². The lowest BCUT2D eigenvalue weighted by molar-refractivity contribution is -0.121. The molecule has 1 aromatic carbocycles. The molecule has 0 saturated heterocycles. The van der Waals surface area contributed by atoms with Crippen molar-refractivity contribution in [2.75, 3.05) is 6.54 Å². The van der Waals surface area contributed by atoms with Crippen molar-refractivity contribution in [1.82, 2.24) is 20.1 Å². The van der Waals surface area contributed by atoms with Gasteiger partial charge in [-0.05, 0) is 43.5 Å². The van der Waals surface area contributed by atoms with Crippen LogP contribution < -0.4 is 0 Å². The molecule has 0 bridgehead atoms. The Hall–Kier alpha value is -2.73. The molecule has 0 radical (unpaired) electrons. The molecule has 1 aliphatic heterocycles. The zero-order valence-electron chi connectivity index (χ0n) is 16.0. The fourth-order valence-electron chi connectivity index (χ4n) is 4.91. The minimum atomic E-state index is 0.210. The molecule has 28 heavy (non-hydrogen) atoms. The van der Waals surface area contributed by atoms with Gasteiger partial charge in [-0.25, -0.2) is 0 Å². The van der Waals surface area contributed by atoms with Crippen LogP contribution in [0.1, 0.15) is 49.9 Å². The monoisotopic (exact) mass is 376 g/mol. The van der Waals surface area contributed by atoms with E-state index in [0.717, 1.165) is 36.8 Å². The van der Waals surface area contributed by atoms with Gasteiger partial charge in [0, 0.05) is 54.5 Å². The number of nitrogens with one attached hydrogen (secondary N) is 1. The third kappa shape index (κ3) is 2.79. The Kier molecular flexibility index (Phi) is 4.16. The molecule has 5 rings (SSSR count). The van der Waals surface area contributed by atoms with E-state index in [0.29, 0.717) is 35.9 Å². The zero-order valence-corrected chi connectivity index (χ0v) is 16.0. The van der Waals surface area contributed by atoms with Crippen LogP contribution in [0.3, 0.4) is 0 Å². The molecule has 1 atom stereocenters. The number of Topliss-reactive ketones (excluding diaryl/α,β-unsaturated/α-hetero) is 1. The molecule has 1 saturated carbocycles. The molecule has 6 heteroatoms. The lowest BCUT2D eigenvalue weighted by Gasteiger charge is -2.41. The fourth-order valence-corrected chi connectivity index (χ4v) is 4.91. The molecule has 144 valence electrons. The molecule has 0 unspecified atom stereocenters. The van der Waals surface area contributed by atoms with Crippen LogP contribution in [0.25, 0.3) is 22.3 Å². The van der Waals surface area contributed by atoms with Crippen LogP contribution in [-0.2, 0) is 11.2 Å². The number of fused-ring (bicyclic) bond motifs is 3. The molecule has 3 heterocycles. The number of carbonyl (C=O) groups excluding carboxylic acids is 1. The summed E-state index contributed by atoms with van der Waals surface area (Å²) in [6, 6.07) is 9.99. The number of rotatable bonds is 2. The lowest BCUT2D eigenvalue weighted by atomic mass is 9.88. The van der Waals surface area contributed by atoms with Crippen LogP contribution in [0.15, 0.2) is 30.3 Å². The molecule has 2 N–H and O–H groups in total. The Morgan fingerprint density at radius 1 is 1.14 bits per heavy atom. The van der Waals surface area contributed by atoms with Crippen molar-refractivity contribution in [3.05, 3.63) is 41.6 Å². The van der Waals surface area contributed by atoms with Gasteiger partial charge in [-0.3, -0.25) is 9.69 Å². The summed E-state index contributed by atoms with van der Waals surface area (Å²) in [5.41, 5.74) is 4.69. The zero-order chi connectivity index (χ0) is 19.3. The topological polar surface area (TPSA) is 82.1 Å². The van der Waals surface area contributed by atoms with Gasteiger partial charge in [0.2, 0.25) is 0 Å². The first-order valence-corrected chi connectivity index (χ1v) is 10.1. The van der Waals surface area contributed by atoms with E-state index >= 15 is 0 Å². The van der Waals surface area contributed by atoms with Gasteiger partial charge in [-0.15, -0.1) is 10.2 Å². The van der Waals surface area contributed by atoms with Gasteiger partial charge in [-0.2, -0.15) is 0 Å². The molecule has 1 fully saturated rings. The van der Waals surface area contributed by atoms with E-state index in [4.69, 9.17) is 0 Å². The van der Waals surface area contributed by atoms with Crippen molar-refractivity contribution >= 4 is 16.8 Å². The largest absolute Gasteiger partial charge is 0.507 e. The summed E-state index contributed by atoms with van der Waals surface area (Å²) >= 11 is 0. The van der Waals surface area contributed by atoms with Gasteiger partial charge in [0.25, 0.3) is 0 Å². The van der Waals surface area contributed by atoms with Crippen LogP contribution in [0.2, 0.25) is 0 Å². The summed E-state index contributed by atoms with van der Waals surface area (Å²) < 4.78 is 0. The summed E-state index contributed by atoms with van der Waals surface area (Å²) in [5, 5.41) is 20.0. The third-order valence-electron chi connectivity index (χ3n) is 6.38. The van der Waals surface area contributed by atoms with Crippen LogP contribution in [0.5, 0.6) is 5.75 Å². The smallest absolute Gasteiger partial charge is 0.160 e. The summed E-state index contributed by atoms with van der Waals surface area (Å²) in [7, 11) is 0. The highest BCUT2D eigenvalue weighted by Crippen LogP contribution is 2.39. The number of carbonyl (C=O) groups is 1. The number of aromatic nitrogens is 3. The van der Waals surface area contributed by atoms with E-state index in [9.17, 15) is 9.90 Å². The van der Waals surface area contributed by atoms with Gasteiger partial charge in [-0.1, -0.05) is 12.1 Å². The van der Waals surface area contributed by atoms with Crippen molar-refractivity contribution in [2.24, 2.45) is 0 Å². The van der Waals surface area contributed by atoms with Crippen molar-refractivity contribution in [3.8, 4) is 17.0 Å². The quantitative estimate of drug-likeness (QED) is 0.712. The predicted octanol–water partition coefficient (Wildman–Crippen LogP) is 3.76. The lowest BCUT2D eigenvalue weighted by Crippen LogP contribution is -2.43. The third-order valence-corrected chi connectivity index (χ3v) is 6.38. The van der Waals surface area contributed by atoms with Crippen molar-refractivity contribution in [1.29, 1.82) is 0 Å². The van der Waals surface area contributed by atoms with Crippen LogP contribution in [0.4, 0.5) is 0 Å². The molecule has 2 aromatic heterocycles. The standard InChI is InChI=1S/C22H24N4O2/c1-13-21-17-12-19(16-4-2-3-5-20(16)28)24-25-22(17)23-18(21)10-11-26(13)14-6-8-15(27)9-7-14/h2-5,12-14,28H,6-11H2,1H3,(H,23,25)/t13-/m1/s1. The number of benzene rings is 1. The highest BCUT2D eigenvalue weighted by atomic mass is 16.3. The van der Waals surface area contributed by atoms with Gasteiger partial charge in [0.05, 0.1) is 5.69 Å². The van der Waals surface area contributed by atoms with Crippen LogP contribution in [-0.4, -0.2) is 43.6 Å². The highest BCUT2D eigenvalue weighted by Gasteiger charge is 2.34.